The van der Waals surface area contributed by atoms with E-state index in [9.17, 15) is 8.78 Å². The van der Waals surface area contributed by atoms with Crippen molar-refractivity contribution in [1.82, 2.24) is 10.2 Å². The zero-order valence-corrected chi connectivity index (χ0v) is 11.1. The van der Waals surface area contributed by atoms with Crippen molar-refractivity contribution in [3.63, 3.8) is 0 Å². The molecule has 0 amide bonds. The van der Waals surface area contributed by atoms with Crippen LogP contribution in [0.2, 0.25) is 0 Å². The van der Waals surface area contributed by atoms with Crippen LogP contribution in [0, 0.1) is 5.92 Å². The van der Waals surface area contributed by atoms with Crippen molar-refractivity contribution < 1.29 is 8.78 Å². The predicted octanol–water partition coefficient (Wildman–Crippen LogP) is 2.58. The third-order valence-electron chi connectivity index (χ3n) is 3.74. The van der Waals surface area contributed by atoms with Gasteiger partial charge in [-0.2, -0.15) is 4.39 Å². The molecule has 0 saturated carbocycles. The number of nitrogens with one attached hydrogen (secondary N) is 1. The van der Waals surface area contributed by atoms with Gasteiger partial charge in [-0.3, -0.25) is 0 Å². The van der Waals surface area contributed by atoms with Crippen LogP contribution in [0.4, 0.5) is 8.78 Å². The van der Waals surface area contributed by atoms with Gasteiger partial charge in [0.2, 0.25) is 0 Å². The van der Waals surface area contributed by atoms with E-state index < -0.39 is 0 Å². The molecule has 1 aliphatic carbocycles. The second kappa shape index (κ2) is 4.70. The van der Waals surface area contributed by atoms with Crippen molar-refractivity contribution >= 4 is 11.8 Å². The van der Waals surface area contributed by atoms with E-state index in [0.29, 0.717) is 5.70 Å². The largest absolute Gasteiger partial charge is 0.366 e. The van der Waals surface area contributed by atoms with Crippen molar-refractivity contribution in [2.24, 2.45) is 5.92 Å². The highest BCUT2D eigenvalue weighted by Gasteiger charge is 2.40. The summed E-state index contributed by atoms with van der Waals surface area (Å²) in [6.45, 7) is 5.20. The van der Waals surface area contributed by atoms with Gasteiger partial charge in [-0.05, 0) is 11.6 Å². The maximum absolute atomic E-state index is 14.2. The molecule has 2 atom stereocenters. The van der Waals surface area contributed by atoms with Gasteiger partial charge < -0.3 is 10.2 Å². The van der Waals surface area contributed by atoms with Crippen molar-refractivity contribution in [2.45, 2.75) is 12.2 Å². The smallest absolute Gasteiger partial charge is 0.180 e. The molecule has 0 aromatic heterocycles. The predicted molar refractivity (Wildman–Crippen MR) is 70.4 cm³/mol. The van der Waals surface area contributed by atoms with Crippen LogP contribution < -0.4 is 5.32 Å². The summed E-state index contributed by atoms with van der Waals surface area (Å²) in [7, 11) is 0. The average molecular weight is 270 g/mol. The Morgan fingerprint density at radius 2 is 2.00 bits per heavy atom. The Kier molecular flexibility index (Phi) is 3.20. The van der Waals surface area contributed by atoms with Gasteiger partial charge in [-0.25, -0.2) is 4.39 Å². The highest BCUT2D eigenvalue weighted by atomic mass is 32.2. The zero-order valence-electron chi connectivity index (χ0n) is 10.2. The molecule has 0 aromatic rings. The highest BCUT2D eigenvalue weighted by Crippen LogP contribution is 2.50. The zero-order chi connectivity index (χ0) is 12.7. The lowest BCUT2D eigenvalue weighted by atomic mass is 9.92. The van der Waals surface area contributed by atoms with Gasteiger partial charge in [-0.15, -0.1) is 0 Å². The molecular weight excluding hydrogens is 254 g/mol. The molecule has 0 spiro atoms. The normalized spacial score (nSPS) is 32.3. The summed E-state index contributed by atoms with van der Waals surface area (Å²) >= 11 is 1.16. The minimum absolute atomic E-state index is 0.0973. The fraction of sp³-hybridized carbons (Fsp3) is 0.538. The third kappa shape index (κ3) is 1.89. The highest BCUT2D eigenvalue weighted by molar-refractivity contribution is 8.04. The molecule has 1 saturated heterocycles. The number of halogens is 2. The van der Waals surface area contributed by atoms with Crippen molar-refractivity contribution in [1.29, 1.82) is 0 Å². The third-order valence-corrected chi connectivity index (χ3v) is 5.06. The standard InChI is InChI=1S/C13H16F2N2S/c1-8-10(14)3-2-9-11(13(15)18-12(8)9)17-6-4-16-5-7-17/h2-3,8,12,16H,4-7H2,1H3. The lowest BCUT2D eigenvalue weighted by Crippen LogP contribution is -2.43. The van der Waals surface area contributed by atoms with Crippen LogP contribution in [0.15, 0.2) is 34.4 Å². The molecule has 2 nitrogen and oxygen atoms in total. The number of allylic oxidation sites excluding steroid dienone is 4. The summed E-state index contributed by atoms with van der Waals surface area (Å²) in [4.78, 5) is 2.08. The topological polar surface area (TPSA) is 15.3 Å². The van der Waals surface area contributed by atoms with Gasteiger partial charge in [-0.1, -0.05) is 24.8 Å². The molecular formula is C13H16F2N2S. The number of rotatable bonds is 1. The van der Waals surface area contributed by atoms with Gasteiger partial charge in [0.1, 0.15) is 5.83 Å². The van der Waals surface area contributed by atoms with E-state index in [0.717, 1.165) is 43.5 Å². The molecule has 2 heterocycles. The van der Waals surface area contributed by atoms with E-state index in [-0.39, 0.29) is 22.2 Å². The molecule has 0 aromatic carbocycles. The van der Waals surface area contributed by atoms with E-state index in [1.165, 1.54) is 6.08 Å². The summed E-state index contributed by atoms with van der Waals surface area (Å²) in [5, 5.41) is 3.01. The molecule has 18 heavy (non-hydrogen) atoms. The minimum atomic E-state index is -0.235. The number of thioether (sulfide) groups is 1. The number of fused-ring (bicyclic) bond motifs is 1. The lowest BCUT2D eigenvalue weighted by molar-refractivity contribution is 0.297. The second-order valence-corrected chi connectivity index (χ2v) is 5.96. The fourth-order valence-electron chi connectivity index (χ4n) is 2.69. The molecule has 98 valence electrons. The second-order valence-electron chi connectivity index (χ2n) is 4.86. The Morgan fingerprint density at radius 1 is 1.28 bits per heavy atom. The molecule has 2 unspecified atom stereocenters. The Bertz CT molecular complexity index is 450. The minimum Gasteiger partial charge on any atom is -0.366 e. The molecule has 1 N–H and O–H groups in total. The van der Waals surface area contributed by atoms with Crippen molar-refractivity contribution in [3.8, 4) is 0 Å². The molecule has 3 aliphatic rings. The van der Waals surface area contributed by atoms with Gasteiger partial charge in [0.05, 0.1) is 5.70 Å². The lowest BCUT2D eigenvalue weighted by Gasteiger charge is -2.32. The first-order valence-electron chi connectivity index (χ1n) is 6.28. The SMILES string of the molecule is CC1C(F)=CC=C2C(N3CCNCC3)=C(F)SC21. The monoisotopic (exact) mass is 270 g/mol. The number of hydrogen-bond donors (Lipinski definition) is 1. The first-order valence-corrected chi connectivity index (χ1v) is 7.16. The van der Waals surface area contributed by atoms with E-state index in [1.807, 2.05) is 6.92 Å². The van der Waals surface area contributed by atoms with Crippen molar-refractivity contribution in [3.05, 3.63) is 34.4 Å². The van der Waals surface area contributed by atoms with E-state index in [2.05, 4.69) is 10.2 Å². The van der Waals surface area contributed by atoms with Crippen LogP contribution in [0.1, 0.15) is 6.92 Å². The van der Waals surface area contributed by atoms with E-state index >= 15 is 0 Å². The van der Waals surface area contributed by atoms with E-state index in [4.69, 9.17) is 0 Å². The first-order chi connectivity index (χ1) is 8.68. The number of hydrogen-bond acceptors (Lipinski definition) is 3. The van der Waals surface area contributed by atoms with Gasteiger partial charge >= 0.3 is 0 Å². The Labute approximate surface area is 110 Å². The molecule has 5 heteroatoms. The molecule has 2 aliphatic heterocycles. The maximum atomic E-state index is 14.2. The maximum Gasteiger partial charge on any atom is 0.180 e. The Hall–Kier alpha value is -0.810. The fourth-order valence-corrected chi connectivity index (χ4v) is 3.92. The van der Waals surface area contributed by atoms with Crippen LogP contribution in [0.25, 0.3) is 0 Å². The van der Waals surface area contributed by atoms with E-state index in [1.54, 1.807) is 6.08 Å². The quantitative estimate of drug-likeness (QED) is 0.788. The molecule has 3 rings (SSSR count). The van der Waals surface area contributed by atoms with Gasteiger partial charge in [0.25, 0.3) is 0 Å². The van der Waals surface area contributed by atoms with Gasteiger partial charge in [0.15, 0.2) is 5.16 Å². The Balaban J connectivity index is 1.92. The van der Waals surface area contributed by atoms with Crippen LogP contribution >= 0.6 is 11.8 Å². The summed E-state index contributed by atoms with van der Waals surface area (Å²) in [5.41, 5.74) is 1.65. The van der Waals surface area contributed by atoms with Gasteiger partial charge in [0, 0.05) is 37.3 Å². The number of nitrogens with zero attached hydrogens (tertiary/aromatic N) is 1. The van der Waals surface area contributed by atoms with Crippen LogP contribution in [0.5, 0.6) is 0 Å². The Morgan fingerprint density at radius 3 is 2.72 bits per heavy atom. The summed E-state index contributed by atoms with van der Waals surface area (Å²) < 4.78 is 27.7. The summed E-state index contributed by atoms with van der Waals surface area (Å²) in [6.07, 6.45) is 3.23. The van der Waals surface area contributed by atoms with Crippen molar-refractivity contribution in [2.75, 3.05) is 26.2 Å². The van der Waals surface area contributed by atoms with Crippen LogP contribution in [-0.4, -0.2) is 36.3 Å². The molecule has 1 fully saturated rings. The number of piperazine rings is 1. The van der Waals surface area contributed by atoms with Crippen LogP contribution in [0.3, 0.4) is 0 Å². The molecule has 0 bridgehead atoms. The van der Waals surface area contributed by atoms with Crippen LogP contribution in [-0.2, 0) is 0 Å². The summed E-state index contributed by atoms with van der Waals surface area (Å²) in [5.74, 6) is -0.383. The summed E-state index contributed by atoms with van der Waals surface area (Å²) in [6, 6.07) is 0. The molecule has 0 radical (unpaired) electrons. The first kappa shape index (κ1) is 12.2. The average Bonchev–Trinajstić information content (AvgIpc) is 2.72.